The summed E-state index contributed by atoms with van der Waals surface area (Å²) >= 11 is 6.28. The standard InChI is InChI=1S/C16H25ClN2O/c1-3-6-19-7-8-20-16(11-19)15(18)10-13-5-4-12(2)9-14(13)17/h4-5,9,15-16H,3,6-8,10-11,18H2,1-2H3. The second-order valence-electron chi connectivity index (χ2n) is 5.67. The molecule has 112 valence electrons. The Balaban J connectivity index is 1.95. The fourth-order valence-corrected chi connectivity index (χ4v) is 3.03. The Labute approximate surface area is 127 Å². The Morgan fingerprint density at radius 2 is 2.30 bits per heavy atom. The van der Waals surface area contributed by atoms with E-state index in [9.17, 15) is 0 Å². The molecule has 0 amide bonds. The second-order valence-corrected chi connectivity index (χ2v) is 6.08. The van der Waals surface area contributed by atoms with E-state index in [-0.39, 0.29) is 12.1 Å². The summed E-state index contributed by atoms with van der Waals surface area (Å²) in [5.74, 6) is 0. The first-order chi connectivity index (χ1) is 9.60. The van der Waals surface area contributed by atoms with Gasteiger partial charge >= 0.3 is 0 Å². The van der Waals surface area contributed by atoms with Crippen LogP contribution in [0.2, 0.25) is 5.02 Å². The molecule has 2 N–H and O–H groups in total. The SMILES string of the molecule is CCCN1CCOC(C(N)Cc2ccc(C)cc2Cl)C1. The molecule has 0 spiro atoms. The van der Waals surface area contributed by atoms with Gasteiger partial charge in [0.1, 0.15) is 0 Å². The lowest BCUT2D eigenvalue weighted by Crippen LogP contribution is -2.51. The molecule has 1 saturated heterocycles. The van der Waals surface area contributed by atoms with Crippen LogP contribution in [0.1, 0.15) is 24.5 Å². The van der Waals surface area contributed by atoms with Crippen LogP contribution in [0.25, 0.3) is 0 Å². The van der Waals surface area contributed by atoms with E-state index in [2.05, 4.69) is 24.0 Å². The molecule has 1 aliphatic heterocycles. The minimum Gasteiger partial charge on any atom is -0.374 e. The Morgan fingerprint density at radius 3 is 3.00 bits per heavy atom. The summed E-state index contributed by atoms with van der Waals surface area (Å²) in [6.07, 6.45) is 2.04. The van der Waals surface area contributed by atoms with E-state index in [0.717, 1.165) is 43.2 Å². The normalized spacial score (nSPS) is 21.9. The number of hydrogen-bond acceptors (Lipinski definition) is 3. The van der Waals surface area contributed by atoms with E-state index in [0.29, 0.717) is 0 Å². The highest BCUT2D eigenvalue weighted by atomic mass is 35.5. The number of benzene rings is 1. The summed E-state index contributed by atoms with van der Waals surface area (Å²) in [6, 6.07) is 6.15. The average molecular weight is 297 g/mol. The third kappa shape index (κ3) is 4.19. The van der Waals surface area contributed by atoms with Crippen molar-refractivity contribution in [3.05, 3.63) is 34.3 Å². The number of nitrogens with zero attached hydrogens (tertiary/aromatic N) is 1. The average Bonchev–Trinajstić information content (AvgIpc) is 2.42. The number of ether oxygens (including phenoxy) is 1. The minimum absolute atomic E-state index is 0.00476. The zero-order chi connectivity index (χ0) is 14.5. The monoisotopic (exact) mass is 296 g/mol. The van der Waals surface area contributed by atoms with Crippen molar-refractivity contribution in [3.63, 3.8) is 0 Å². The molecule has 0 bridgehead atoms. The van der Waals surface area contributed by atoms with Crippen LogP contribution in [0.3, 0.4) is 0 Å². The molecule has 0 saturated carbocycles. The van der Waals surface area contributed by atoms with Crippen LogP contribution >= 0.6 is 11.6 Å². The van der Waals surface area contributed by atoms with Crippen molar-refractivity contribution >= 4 is 11.6 Å². The van der Waals surface area contributed by atoms with Gasteiger partial charge in [0, 0.05) is 24.2 Å². The van der Waals surface area contributed by atoms with Gasteiger partial charge in [0.05, 0.1) is 12.7 Å². The van der Waals surface area contributed by atoms with Crippen molar-refractivity contribution in [3.8, 4) is 0 Å². The van der Waals surface area contributed by atoms with Crippen LogP contribution < -0.4 is 5.73 Å². The molecule has 0 radical (unpaired) electrons. The van der Waals surface area contributed by atoms with Gasteiger partial charge in [0.2, 0.25) is 0 Å². The maximum atomic E-state index is 6.34. The molecule has 2 rings (SSSR count). The van der Waals surface area contributed by atoms with E-state index < -0.39 is 0 Å². The summed E-state index contributed by atoms with van der Waals surface area (Å²) in [4.78, 5) is 2.44. The molecule has 0 aromatic heterocycles. The lowest BCUT2D eigenvalue weighted by molar-refractivity contribution is -0.0400. The summed E-state index contributed by atoms with van der Waals surface area (Å²) in [5, 5.41) is 0.807. The topological polar surface area (TPSA) is 38.5 Å². The molecular formula is C16H25ClN2O. The quantitative estimate of drug-likeness (QED) is 0.908. The third-order valence-electron chi connectivity index (χ3n) is 3.86. The first-order valence-corrected chi connectivity index (χ1v) is 7.82. The first kappa shape index (κ1) is 15.8. The summed E-state index contributed by atoms with van der Waals surface area (Å²) in [6.45, 7) is 8.09. The molecular weight excluding hydrogens is 272 g/mol. The molecule has 2 atom stereocenters. The van der Waals surface area contributed by atoms with E-state index in [1.54, 1.807) is 0 Å². The van der Waals surface area contributed by atoms with E-state index >= 15 is 0 Å². The van der Waals surface area contributed by atoms with Gasteiger partial charge in [-0.3, -0.25) is 4.90 Å². The lowest BCUT2D eigenvalue weighted by Gasteiger charge is -2.35. The largest absolute Gasteiger partial charge is 0.374 e. The molecule has 1 aromatic carbocycles. The molecule has 1 fully saturated rings. The zero-order valence-electron chi connectivity index (χ0n) is 12.4. The predicted octanol–water partition coefficient (Wildman–Crippen LogP) is 2.63. The van der Waals surface area contributed by atoms with Crippen molar-refractivity contribution in [2.24, 2.45) is 5.73 Å². The first-order valence-electron chi connectivity index (χ1n) is 7.44. The van der Waals surface area contributed by atoms with Gasteiger partial charge in [-0.2, -0.15) is 0 Å². The van der Waals surface area contributed by atoms with Gasteiger partial charge in [-0.15, -0.1) is 0 Å². The minimum atomic E-state index is -0.00476. The van der Waals surface area contributed by atoms with Crippen molar-refractivity contribution in [1.29, 1.82) is 0 Å². The van der Waals surface area contributed by atoms with E-state index in [1.807, 2.05) is 13.0 Å². The Bertz CT molecular complexity index is 436. The predicted molar refractivity (Wildman–Crippen MR) is 84.3 cm³/mol. The van der Waals surface area contributed by atoms with Crippen LogP contribution in [0.5, 0.6) is 0 Å². The van der Waals surface area contributed by atoms with Gasteiger partial charge in [-0.1, -0.05) is 30.7 Å². The van der Waals surface area contributed by atoms with Gasteiger partial charge in [-0.25, -0.2) is 0 Å². The molecule has 4 heteroatoms. The van der Waals surface area contributed by atoms with Crippen molar-refractivity contribution < 1.29 is 4.74 Å². The Kier molecular flexibility index (Phi) is 5.85. The highest BCUT2D eigenvalue weighted by Crippen LogP contribution is 2.20. The number of rotatable bonds is 5. The number of morpholine rings is 1. The van der Waals surface area contributed by atoms with Crippen LogP contribution in [0, 0.1) is 6.92 Å². The van der Waals surface area contributed by atoms with E-state index in [4.69, 9.17) is 22.1 Å². The molecule has 1 aromatic rings. The van der Waals surface area contributed by atoms with Gasteiger partial charge in [-0.05, 0) is 43.5 Å². The van der Waals surface area contributed by atoms with Crippen LogP contribution in [-0.2, 0) is 11.2 Å². The molecule has 2 unspecified atom stereocenters. The van der Waals surface area contributed by atoms with Crippen molar-refractivity contribution in [2.75, 3.05) is 26.2 Å². The van der Waals surface area contributed by atoms with Gasteiger partial charge in [0.25, 0.3) is 0 Å². The summed E-state index contributed by atoms with van der Waals surface area (Å²) in [7, 11) is 0. The molecule has 1 heterocycles. The highest BCUT2D eigenvalue weighted by Gasteiger charge is 2.25. The Hall–Kier alpha value is -0.610. The maximum Gasteiger partial charge on any atom is 0.0856 e. The van der Waals surface area contributed by atoms with Gasteiger partial charge < -0.3 is 10.5 Å². The number of aryl methyl sites for hydroxylation is 1. The second kappa shape index (κ2) is 7.41. The number of nitrogens with two attached hydrogens (primary N) is 1. The molecule has 0 aliphatic carbocycles. The number of halogens is 1. The fourth-order valence-electron chi connectivity index (χ4n) is 2.71. The lowest BCUT2D eigenvalue weighted by atomic mass is 10.00. The highest BCUT2D eigenvalue weighted by molar-refractivity contribution is 6.31. The van der Waals surface area contributed by atoms with Crippen molar-refractivity contribution in [2.45, 2.75) is 38.8 Å². The van der Waals surface area contributed by atoms with Crippen molar-refractivity contribution in [1.82, 2.24) is 4.90 Å². The zero-order valence-corrected chi connectivity index (χ0v) is 13.2. The molecule has 3 nitrogen and oxygen atoms in total. The molecule has 20 heavy (non-hydrogen) atoms. The van der Waals surface area contributed by atoms with E-state index in [1.165, 1.54) is 12.0 Å². The Morgan fingerprint density at radius 1 is 1.50 bits per heavy atom. The smallest absolute Gasteiger partial charge is 0.0856 e. The van der Waals surface area contributed by atoms with Crippen LogP contribution in [0.4, 0.5) is 0 Å². The van der Waals surface area contributed by atoms with Gasteiger partial charge in [0.15, 0.2) is 0 Å². The summed E-state index contributed by atoms with van der Waals surface area (Å²) < 4.78 is 5.84. The maximum absolute atomic E-state index is 6.34. The molecule has 1 aliphatic rings. The fraction of sp³-hybridized carbons (Fsp3) is 0.625. The third-order valence-corrected chi connectivity index (χ3v) is 4.21. The van der Waals surface area contributed by atoms with Crippen LogP contribution in [-0.4, -0.2) is 43.3 Å². The summed E-state index contributed by atoms with van der Waals surface area (Å²) in [5.41, 5.74) is 8.62. The number of hydrogen-bond donors (Lipinski definition) is 1. The van der Waals surface area contributed by atoms with Crippen LogP contribution in [0.15, 0.2) is 18.2 Å².